The van der Waals surface area contributed by atoms with Gasteiger partial charge in [-0.3, -0.25) is 10.1 Å². The predicted molar refractivity (Wildman–Crippen MR) is 105 cm³/mol. The summed E-state index contributed by atoms with van der Waals surface area (Å²) < 4.78 is 5.62. The average molecular weight is 372 g/mol. The lowest BCUT2D eigenvalue weighted by atomic mass is 10.2. The van der Waals surface area contributed by atoms with Crippen LogP contribution in [0.4, 0.5) is 5.69 Å². The summed E-state index contributed by atoms with van der Waals surface area (Å²) in [5, 5.41) is 6.66. The lowest BCUT2D eigenvalue weighted by Crippen LogP contribution is -2.37. The molecule has 5 nitrogen and oxygen atoms in total. The van der Waals surface area contributed by atoms with Gasteiger partial charge in [0.1, 0.15) is 0 Å². The van der Waals surface area contributed by atoms with E-state index < -0.39 is 0 Å². The van der Waals surface area contributed by atoms with Crippen molar-refractivity contribution >= 4 is 29.2 Å². The lowest BCUT2D eigenvalue weighted by molar-refractivity contribution is 0.0975. The zero-order valence-electron chi connectivity index (χ0n) is 14.7. The number of anilines is 1. The molecule has 0 aliphatic carbocycles. The van der Waals surface area contributed by atoms with Gasteiger partial charge in [-0.1, -0.05) is 35.9 Å². The normalized spacial score (nSPS) is 17.2. The number of rotatable bonds is 4. The number of hydrogen-bond acceptors (Lipinski definition) is 3. The highest BCUT2D eigenvalue weighted by atomic mass is 35.5. The Bertz CT molecular complexity index is 787. The molecule has 6 heteroatoms. The number of amides is 1. The maximum Gasteiger partial charge on any atom is 0.257 e. The molecule has 2 aromatic carbocycles. The van der Waals surface area contributed by atoms with Crippen molar-refractivity contribution in [2.45, 2.75) is 25.9 Å². The molecule has 0 aromatic heterocycles. The molecule has 0 spiro atoms. The van der Waals surface area contributed by atoms with Gasteiger partial charge in [0, 0.05) is 22.9 Å². The maximum atomic E-state index is 12.5. The summed E-state index contributed by atoms with van der Waals surface area (Å²) in [4.78, 5) is 17.0. The summed E-state index contributed by atoms with van der Waals surface area (Å²) in [6.07, 6.45) is 2.13. The van der Waals surface area contributed by atoms with Crippen LogP contribution in [-0.2, 0) is 4.74 Å². The molecule has 1 saturated heterocycles. The van der Waals surface area contributed by atoms with Crippen molar-refractivity contribution in [1.29, 1.82) is 0 Å². The minimum Gasteiger partial charge on any atom is -0.376 e. The first kappa shape index (κ1) is 18.4. The van der Waals surface area contributed by atoms with Crippen molar-refractivity contribution in [1.82, 2.24) is 5.32 Å². The van der Waals surface area contributed by atoms with E-state index in [1.54, 1.807) is 12.1 Å². The van der Waals surface area contributed by atoms with Crippen molar-refractivity contribution in [2.75, 3.05) is 18.5 Å². The Hall–Kier alpha value is -2.37. The number of nitrogens with zero attached hydrogens (tertiary/aromatic N) is 1. The molecule has 1 heterocycles. The quantitative estimate of drug-likeness (QED) is 0.630. The number of benzene rings is 2. The number of aryl methyl sites for hydroxylation is 1. The molecular weight excluding hydrogens is 350 g/mol. The van der Waals surface area contributed by atoms with Crippen LogP contribution in [0.3, 0.4) is 0 Å². The minimum atomic E-state index is -0.219. The van der Waals surface area contributed by atoms with E-state index in [0.717, 1.165) is 30.7 Å². The first-order valence-corrected chi connectivity index (χ1v) is 9.05. The molecule has 0 bridgehead atoms. The number of hydrogen-bond donors (Lipinski definition) is 2. The molecule has 1 fully saturated rings. The van der Waals surface area contributed by atoms with Gasteiger partial charge in [-0.25, -0.2) is 4.99 Å². The molecule has 2 N–H and O–H groups in total. The van der Waals surface area contributed by atoms with Gasteiger partial charge in [-0.05, 0) is 49.6 Å². The Morgan fingerprint density at radius 2 is 2.08 bits per heavy atom. The SMILES string of the molecule is Cc1ccc(Cl)cc1NC(=NC[C@@H]1CCCO1)NC(=O)c1ccccc1. The van der Waals surface area contributed by atoms with Crippen LogP contribution in [-0.4, -0.2) is 31.1 Å². The summed E-state index contributed by atoms with van der Waals surface area (Å²) in [7, 11) is 0. The number of nitrogens with one attached hydrogen (secondary N) is 2. The molecular formula is C20H22ClN3O2. The Balaban J connectivity index is 1.77. The second-order valence-electron chi connectivity index (χ2n) is 6.23. The van der Waals surface area contributed by atoms with E-state index in [1.807, 2.05) is 43.3 Å². The number of carbonyl (C=O) groups is 1. The summed E-state index contributed by atoms with van der Waals surface area (Å²) >= 11 is 6.10. The van der Waals surface area contributed by atoms with Crippen LogP contribution in [0, 0.1) is 6.92 Å². The van der Waals surface area contributed by atoms with Gasteiger partial charge in [0.2, 0.25) is 5.96 Å². The van der Waals surface area contributed by atoms with Gasteiger partial charge < -0.3 is 10.1 Å². The zero-order valence-corrected chi connectivity index (χ0v) is 15.4. The summed E-state index contributed by atoms with van der Waals surface area (Å²) in [5.41, 5.74) is 2.38. The second-order valence-corrected chi connectivity index (χ2v) is 6.67. The van der Waals surface area contributed by atoms with Crippen LogP contribution in [0.2, 0.25) is 5.02 Å². The molecule has 1 atom stereocenters. The number of carbonyl (C=O) groups excluding carboxylic acids is 1. The van der Waals surface area contributed by atoms with Crippen LogP contribution < -0.4 is 10.6 Å². The number of halogens is 1. The van der Waals surface area contributed by atoms with Gasteiger partial charge in [0.05, 0.1) is 12.6 Å². The van der Waals surface area contributed by atoms with Crippen LogP contribution >= 0.6 is 11.6 Å². The van der Waals surface area contributed by atoms with Gasteiger partial charge in [0.15, 0.2) is 0 Å². The number of aliphatic imine (C=N–C) groups is 1. The molecule has 26 heavy (non-hydrogen) atoms. The molecule has 1 aliphatic rings. The highest BCUT2D eigenvalue weighted by molar-refractivity contribution is 6.31. The molecule has 0 radical (unpaired) electrons. The molecule has 136 valence electrons. The summed E-state index contributed by atoms with van der Waals surface area (Å²) in [6, 6.07) is 14.6. The van der Waals surface area contributed by atoms with Crippen LogP contribution in [0.5, 0.6) is 0 Å². The second kappa shape index (κ2) is 8.83. The first-order valence-electron chi connectivity index (χ1n) is 8.67. The van der Waals surface area contributed by atoms with E-state index in [0.29, 0.717) is 23.1 Å². The Kier molecular flexibility index (Phi) is 6.26. The smallest absolute Gasteiger partial charge is 0.257 e. The Labute approximate surface area is 158 Å². The van der Waals surface area contributed by atoms with E-state index in [1.165, 1.54) is 0 Å². The van der Waals surface area contributed by atoms with Gasteiger partial charge in [0.25, 0.3) is 5.91 Å². The van der Waals surface area contributed by atoms with Crippen LogP contribution in [0.1, 0.15) is 28.8 Å². The van der Waals surface area contributed by atoms with E-state index in [2.05, 4.69) is 15.6 Å². The molecule has 1 aliphatic heterocycles. The fraction of sp³-hybridized carbons (Fsp3) is 0.300. The van der Waals surface area contributed by atoms with Gasteiger partial charge in [-0.15, -0.1) is 0 Å². The zero-order chi connectivity index (χ0) is 18.4. The Morgan fingerprint density at radius 3 is 2.81 bits per heavy atom. The van der Waals surface area contributed by atoms with Gasteiger partial charge in [-0.2, -0.15) is 0 Å². The van der Waals surface area contributed by atoms with Crippen LogP contribution in [0.25, 0.3) is 0 Å². The largest absolute Gasteiger partial charge is 0.376 e. The number of ether oxygens (including phenoxy) is 1. The third-order valence-corrected chi connectivity index (χ3v) is 4.43. The van der Waals surface area contributed by atoms with Crippen molar-refractivity contribution in [2.24, 2.45) is 4.99 Å². The first-order chi connectivity index (χ1) is 12.6. The standard InChI is InChI=1S/C20H22ClN3O2/c1-14-9-10-16(21)12-18(14)23-20(22-13-17-8-5-11-26-17)24-19(25)15-6-3-2-4-7-15/h2-4,6-7,9-10,12,17H,5,8,11,13H2,1H3,(H2,22,23,24,25)/t17-/m0/s1. The topological polar surface area (TPSA) is 62.7 Å². The molecule has 2 aromatic rings. The number of guanidine groups is 1. The van der Waals surface area contributed by atoms with Crippen molar-refractivity contribution in [3.8, 4) is 0 Å². The van der Waals surface area contributed by atoms with Gasteiger partial charge >= 0.3 is 0 Å². The molecule has 0 saturated carbocycles. The lowest BCUT2D eigenvalue weighted by Gasteiger charge is -2.15. The summed E-state index contributed by atoms with van der Waals surface area (Å²) in [6.45, 7) is 3.24. The third kappa shape index (κ3) is 5.07. The van der Waals surface area contributed by atoms with Crippen LogP contribution in [0.15, 0.2) is 53.5 Å². The average Bonchev–Trinajstić information content (AvgIpc) is 3.17. The van der Waals surface area contributed by atoms with E-state index in [9.17, 15) is 4.79 Å². The fourth-order valence-corrected chi connectivity index (χ4v) is 2.89. The van der Waals surface area contributed by atoms with E-state index >= 15 is 0 Å². The van der Waals surface area contributed by atoms with Crippen molar-refractivity contribution in [3.05, 3.63) is 64.7 Å². The minimum absolute atomic E-state index is 0.0980. The monoisotopic (exact) mass is 371 g/mol. The third-order valence-electron chi connectivity index (χ3n) is 4.20. The van der Waals surface area contributed by atoms with Crippen molar-refractivity contribution in [3.63, 3.8) is 0 Å². The fourth-order valence-electron chi connectivity index (χ4n) is 2.72. The van der Waals surface area contributed by atoms with E-state index in [4.69, 9.17) is 16.3 Å². The molecule has 3 rings (SSSR count). The molecule has 0 unspecified atom stereocenters. The predicted octanol–water partition coefficient (Wildman–Crippen LogP) is 4.03. The van der Waals surface area contributed by atoms with Crippen molar-refractivity contribution < 1.29 is 9.53 Å². The van der Waals surface area contributed by atoms with E-state index in [-0.39, 0.29) is 12.0 Å². The molecule has 1 amide bonds. The highest BCUT2D eigenvalue weighted by Gasteiger charge is 2.16. The highest BCUT2D eigenvalue weighted by Crippen LogP contribution is 2.20. The summed E-state index contributed by atoms with van der Waals surface area (Å²) in [5.74, 6) is 0.170. The Morgan fingerprint density at radius 1 is 1.27 bits per heavy atom. The maximum absolute atomic E-state index is 12.5.